The molecule has 112 valence electrons. The molecule has 1 heterocycles. The van der Waals surface area contributed by atoms with Gasteiger partial charge in [-0.3, -0.25) is 9.69 Å². The van der Waals surface area contributed by atoms with Gasteiger partial charge in [0.05, 0.1) is 28.6 Å². The summed E-state index contributed by atoms with van der Waals surface area (Å²) in [5, 5.41) is 6.35. The van der Waals surface area contributed by atoms with E-state index in [9.17, 15) is 4.79 Å². The molecule has 0 atom stereocenters. The molecule has 0 unspecified atom stereocenters. The minimum Gasteiger partial charge on any atom is -0.397 e. The number of benzene rings is 1. The number of hydrogen-bond acceptors (Lipinski definition) is 5. The molecule has 1 aromatic carbocycles. The number of carbonyl (C=O) groups excluding carboxylic acids is 1. The third-order valence-corrected chi connectivity index (χ3v) is 3.86. The second kappa shape index (κ2) is 6.89. The summed E-state index contributed by atoms with van der Waals surface area (Å²) in [5.41, 5.74) is 7.80. The second-order valence-corrected chi connectivity index (χ2v) is 6.31. The van der Waals surface area contributed by atoms with Crippen molar-refractivity contribution < 1.29 is 4.79 Å². The zero-order valence-electron chi connectivity index (χ0n) is 11.9. The molecule has 0 aliphatic heterocycles. The fourth-order valence-electron chi connectivity index (χ4n) is 1.90. The number of hydrogen-bond donors (Lipinski definition) is 2. The third kappa shape index (κ3) is 4.70. The number of aromatic nitrogens is 1. The maximum Gasteiger partial charge on any atom is 0.238 e. The molecule has 0 aliphatic carbocycles. The molecular formula is C14H17ClN4OS. The predicted molar refractivity (Wildman–Crippen MR) is 87.7 cm³/mol. The molecule has 3 N–H and O–H groups in total. The van der Waals surface area contributed by atoms with Crippen LogP contribution in [0.5, 0.6) is 0 Å². The summed E-state index contributed by atoms with van der Waals surface area (Å²) in [5.74, 6) is -0.126. The van der Waals surface area contributed by atoms with Gasteiger partial charge in [-0.25, -0.2) is 4.98 Å². The van der Waals surface area contributed by atoms with Gasteiger partial charge in [-0.1, -0.05) is 11.6 Å². The van der Waals surface area contributed by atoms with E-state index in [-0.39, 0.29) is 12.5 Å². The molecule has 1 aromatic heterocycles. The van der Waals surface area contributed by atoms with Crippen molar-refractivity contribution in [3.63, 3.8) is 0 Å². The van der Waals surface area contributed by atoms with E-state index in [2.05, 4.69) is 10.3 Å². The molecule has 0 spiro atoms. The Morgan fingerprint density at radius 3 is 2.90 bits per heavy atom. The van der Waals surface area contributed by atoms with Crippen molar-refractivity contribution in [2.75, 3.05) is 24.6 Å². The smallest absolute Gasteiger partial charge is 0.238 e. The van der Waals surface area contributed by atoms with Crippen LogP contribution >= 0.6 is 22.9 Å². The van der Waals surface area contributed by atoms with Crippen LogP contribution in [0.2, 0.25) is 5.02 Å². The van der Waals surface area contributed by atoms with Gasteiger partial charge in [-0.05, 0) is 32.2 Å². The first kappa shape index (κ1) is 15.8. The van der Waals surface area contributed by atoms with Crippen LogP contribution in [-0.2, 0) is 11.3 Å². The summed E-state index contributed by atoms with van der Waals surface area (Å²) in [6.45, 7) is 2.86. The minimum absolute atomic E-state index is 0.126. The molecule has 7 heteroatoms. The number of aryl methyl sites for hydroxylation is 1. The van der Waals surface area contributed by atoms with Gasteiger partial charge in [0.2, 0.25) is 5.91 Å². The first-order valence-corrected chi connectivity index (χ1v) is 7.64. The summed E-state index contributed by atoms with van der Waals surface area (Å²) in [6.07, 6.45) is 0. The fourth-order valence-corrected chi connectivity index (χ4v) is 2.68. The first-order valence-electron chi connectivity index (χ1n) is 6.38. The van der Waals surface area contributed by atoms with Crippen LogP contribution in [0.25, 0.3) is 0 Å². The van der Waals surface area contributed by atoms with E-state index < -0.39 is 0 Å². The van der Waals surface area contributed by atoms with Gasteiger partial charge >= 0.3 is 0 Å². The number of anilines is 2. The monoisotopic (exact) mass is 324 g/mol. The summed E-state index contributed by atoms with van der Waals surface area (Å²) in [6, 6.07) is 4.99. The molecule has 0 fully saturated rings. The third-order valence-electron chi connectivity index (χ3n) is 2.80. The average Bonchev–Trinajstić information content (AvgIpc) is 2.78. The van der Waals surface area contributed by atoms with Crippen molar-refractivity contribution in [3.05, 3.63) is 39.3 Å². The van der Waals surface area contributed by atoms with Crippen molar-refractivity contribution in [2.24, 2.45) is 0 Å². The molecular weight excluding hydrogens is 308 g/mol. The highest BCUT2D eigenvalue weighted by Gasteiger charge is 2.10. The largest absolute Gasteiger partial charge is 0.397 e. The van der Waals surface area contributed by atoms with E-state index in [1.165, 1.54) is 0 Å². The number of nitrogens with one attached hydrogen (secondary N) is 1. The van der Waals surface area contributed by atoms with E-state index in [4.69, 9.17) is 17.3 Å². The molecule has 0 saturated carbocycles. The van der Waals surface area contributed by atoms with Gasteiger partial charge in [0.1, 0.15) is 0 Å². The number of nitrogen functional groups attached to an aromatic ring is 1. The van der Waals surface area contributed by atoms with E-state index in [1.54, 1.807) is 29.5 Å². The highest BCUT2D eigenvalue weighted by atomic mass is 35.5. The quantitative estimate of drug-likeness (QED) is 0.830. The predicted octanol–water partition coefficient (Wildman–Crippen LogP) is 2.76. The van der Waals surface area contributed by atoms with Gasteiger partial charge in [-0.15, -0.1) is 11.3 Å². The Bertz CT molecular complexity index is 644. The van der Waals surface area contributed by atoms with Gasteiger partial charge in [0.25, 0.3) is 0 Å². The second-order valence-electron chi connectivity index (χ2n) is 4.81. The molecule has 1 amide bonds. The van der Waals surface area contributed by atoms with E-state index in [1.807, 2.05) is 24.3 Å². The van der Waals surface area contributed by atoms with Gasteiger partial charge in [0, 0.05) is 16.9 Å². The van der Waals surface area contributed by atoms with Crippen LogP contribution in [0.3, 0.4) is 0 Å². The van der Waals surface area contributed by atoms with Crippen LogP contribution in [0.4, 0.5) is 11.4 Å². The fraction of sp³-hybridized carbons (Fsp3) is 0.286. The highest BCUT2D eigenvalue weighted by molar-refractivity contribution is 7.09. The summed E-state index contributed by atoms with van der Waals surface area (Å²) >= 11 is 7.43. The number of likely N-dealkylation sites (N-methyl/N-ethyl adjacent to an activating group) is 1. The van der Waals surface area contributed by atoms with E-state index in [0.29, 0.717) is 22.9 Å². The normalized spacial score (nSPS) is 10.9. The SMILES string of the molecule is Cc1nc(CN(C)CC(=O)Nc2ccc(Cl)cc2N)cs1. The maximum atomic E-state index is 12.0. The molecule has 2 rings (SSSR count). The van der Waals surface area contributed by atoms with Crippen LogP contribution in [0.1, 0.15) is 10.7 Å². The lowest BCUT2D eigenvalue weighted by molar-refractivity contribution is -0.117. The van der Waals surface area contributed by atoms with Crippen LogP contribution in [0, 0.1) is 6.92 Å². The van der Waals surface area contributed by atoms with Gasteiger partial charge < -0.3 is 11.1 Å². The summed E-state index contributed by atoms with van der Waals surface area (Å²) in [4.78, 5) is 18.3. The van der Waals surface area contributed by atoms with E-state index >= 15 is 0 Å². The van der Waals surface area contributed by atoms with E-state index in [0.717, 1.165) is 10.7 Å². The standard InChI is InChI=1S/C14H17ClN4OS/c1-9-17-11(8-21-9)6-19(2)7-14(20)18-13-4-3-10(15)5-12(13)16/h3-5,8H,6-7,16H2,1-2H3,(H,18,20). The topological polar surface area (TPSA) is 71.2 Å². The Labute approximate surface area is 132 Å². The Balaban J connectivity index is 1.89. The average molecular weight is 325 g/mol. The Morgan fingerprint density at radius 1 is 1.52 bits per heavy atom. The van der Waals surface area contributed by atoms with Crippen molar-refractivity contribution in [1.82, 2.24) is 9.88 Å². The number of carbonyl (C=O) groups is 1. The lowest BCUT2D eigenvalue weighted by Crippen LogP contribution is -2.30. The zero-order chi connectivity index (χ0) is 15.4. The van der Waals surface area contributed by atoms with Crippen LogP contribution in [0.15, 0.2) is 23.6 Å². The summed E-state index contributed by atoms with van der Waals surface area (Å²) < 4.78 is 0. The zero-order valence-corrected chi connectivity index (χ0v) is 13.5. The van der Waals surface area contributed by atoms with Gasteiger partial charge in [-0.2, -0.15) is 0 Å². The van der Waals surface area contributed by atoms with Gasteiger partial charge in [0.15, 0.2) is 0 Å². The Hall–Kier alpha value is -1.63. The molecule has 5 nitrogen and oxygen atoms in total. The van der Waals surface area contributed by atoms with Crippen LogP contribution in [-0.4, -0.2) is 29.4 Å². The number of amides is 1. The number of halogens is 1. The van der Waals surface area contributed by atoms with Crippen molar-refractivity contribution >= 4 is 40.2 Å². The number of rotatable bonds is 5. The number of nitrogens with zero attached hydrogens (tertiary/aromatic N) is 2. The van der Waals surface area contributed by atoms with Crippen LogP contribution < -0.4 is 11.1 Å². The highest BCUT2D eigenvalue weighted by Crippen LogP contribution is 2.22. The van der Waals surface area contributed by atoms with Crippen molar-refractivity contribution in [1.29, 1.82) is 0 Å². The maximum absolute atomic E-state index is 12.0. The molecule has 0 bridgehead atoms. The molecule has 2 aromatic rings. The van der Waals surface area contributed by atoms with Crippen molar-refractivity contribution in [2.45, 2.75) is 13.5 Å². The molecule has 21 heavy (non-hydrogen) atoms. The Kier molecular flexibility index (Phi) is 5.17. The number of thiazole rings is 1. The van der Waals surface area contributed by atoms with Crippen molar-refractivity contribution in [3.8, 4) is 0 Å². The first-order chi connectivity index (χ1) is 9.94. The lowest BCUT2D eigenvalue weighted by atomic mass is 10.2. The lowest BCUT2D eigenvalue weighted by Gasteiger charge is -2.15. The Morgan fingerprint density at radius 2 is 2.29 bits per heavy atom. The number of nitrogens with two attached hydrogens (primary N) is 1. The molecule has 0 saturated heterocycles. The minimum atomic E-state index is -0.126. The molecule has 0 aliphatic rings. The summed E-state index contributed by atoms with van der Waals surface area (Å²) in [7, 11) is 1.87. The molecule has 0 radical (unpaired) electrons.